The molecule has 0 aliphatic heterocycles. The molecule has 0 saturated carbocycles. The number of alkyl halides is 1. The first kappa shape index (κ1) is 12.6. The van der Waals surface area contributed by atoms with Gasteiger partial charge < -0.3 is 5.32 Å². The minimum Gasteiger partial charge on any atom is -0.365 e. The fourth-order valence-electron chi connectivity index (χ4n) is 1.83. The molecule has 1 atom stereocenters. The van der Waals surface area contributed by atoms with Gasteiger partial charge in [-0.15, -0.1) is 22.9 Å². The van der Waals surface area contributed by atoms with E-state index in [1.54, 1.807) is 17.7 Å². The second kappa shape index (κ2) is 5.65. The highest BCUT2D eigenvalue weighted by atomic mass is 35.5. The SMILES string of the molecule is CC(C)CC(CCl)Nc1ncnc2sccc12. The zero-order valence-electron chi connectivity index (χ0n) is 9.98. The minimum atomic E-state index is 0.259. The molecule has 3 nitrogen and oxygen atoms in total. The summed E-state index contributed by atoms with van der Waals surface area (Å²) in [5, 5.41) is 6.52. The minimum absolute atomic E-state index is 0.259. The molecule has 1 N–H and O–H groups in total. The Hall–Kier alpha value is -0.870. The van der Waals surface area contributed by atoms with E-state index in [9.17, 15) is 0 Å². The largest absolute Gasteiger partial charge is 0.365 e. The van der Waals surface area contributed by atoms with Crippen molar-refractivity contribution < 1.29 is 0 Å². The quantitative estimate of drug-likeness (QED) is 0.840. The van der Waals surface area contributed by atoms with Crippen molar-refractivity contribution in [1.29, 1.82) is 0 Å². The number of nitrogens with zero attached hydrogens (tertiary/aromatic N) is 2. The van der Waals surface area contributed by atoms with Crippen LogP contribution in [-0.2, 0) is 0 Å². The fraction of sp³-hybridized carbons (Fsp3) is 0.500. The molecule has 1 unspecified atom stereocenters. The Morgan fingerprint density at radius 2 is 2.24 bits per heavy atom. The lowest BCUT2D eigenvalue weighted by atomic mass is 10.1. The van der Waals surface area contributed by atoms with Gasteiger partial charge in [0, 0.05) is 11.9 Å². The van der Waals surface area contributed by atoms with Crippen LogP contribution in [0.3, 0.4) is 0 Å². The van der Waals surface area contributed by atoms with Crippen LogP contribution < -0.4 is 5.32 Å². The average molecular weight is 270 g/mol. The van der Waals surface area contributed by atoms with Crippen molar-refractivity contribution in [2.45, 2.75) is 26.3 Å². The molecule has 2 heterocycles. The van der Waals surface area contributed by atoms with E-state index in [1.807, 2.05) is 11.4 Å². The lowest BCUT2D eigenvalue weighted by molar-refractivity contribution is 0.541. The molecule has 2 rings (SSSR count). The molecule has 0 saturated heterocycles. The topological polar surface area (TPSA) is 37.8 Å². The van der Waals surface area contributed by atoms with Gasteiger partial charge in [-0.1, -0.05) is 13.8 Å². The van der Waals surface area contributed by atoms with Crippen molar-refractivity contribution >= 4 is 39.0 Å². The molecular formula is C12H16ClN3S. The molecule has 0 spiro atoms. The zero-order valence-corrected chi connectivity index (χ0v) is 11.6. The number of thiophene rings is 1. The van der Waals surface area contributed by atoms with Gasteiger partial charge in [0.25, 0.3) is 0 Å². The molecule has 92 valence electrons. The molecule has 17 heavy (non-hydrogen) atoms. The number of nitrogens with one attached hydrogen (secondary N) is 1. The maximum atomic E-state index is 5.98. The van der Waals surface area contributed by atoms with Crippen molar-refractivity contribution in [2.24, 2.45) is 5.92 Å². The number of rotatable bonds is 5. The molecule has 0 aromatic carbocycles. The molecule has 2 aromatic heterocycles. The maximum Gasteiger partial charge on any atom is 0.138 e. The van der Waals surface area contributed by atoms with Crippen LogP contribution in [-0.4, -0.2) is 21.9 Å². The average Bonchev–Trinajstić information content (AvgIpc) is 2.76. The van der Waals surface area contributed by atoms with Gasteiger partial charge in [0.1, 0.15) is 17.0 Å². The normalized spacial score (nSPS) is 13.2. The summed E-state index contributed by atoms with van der Waals surface area (Å²) >= 11 is 7.61. The number of aromatic nitrogens is 2. The summed E-state index contributed by atoms with van der Waals surface area (Å²) < 4.78 is 0. The number of halogens is 1. The van der Waals surface area contributed by atoms with E-state index >= 15 is 0 Å². The first-order valence-electron chi connectivity index (χ1n) is 5.71. The third-order valence-electron chi connectivity index (χ3n) is 2.54. The van der Waals surface area contributed by atoms with Crippen LogP contribution in [0.15, 0.2) is 17.8 Å². The zero-order chi connectivity index (χ0) is 12.3. The van der Waals surface area contributed by atoms with Crippen molar-refractivity contribution in [1.82, 2.24) is 9.97 Å². The second-order valence-corrected chi connectivity index (χ2v) is 5.69. The Morgan fingerprint density at radius 3 is 2.94 bits per heavy atom. The number of anilines is 1. The molecule has 0 radical (unpaired) electrons. The van der Waals surface area contributed by atoms with Gasteiger partial charge >= 0.3 is 0 Å². The van der Waals surface area contributed by atoms with Gasteiger partial charge in [-0.3, -0.25) is 0 Å². The van der Waals surface area contributed by atoms with E-state index in [1.165, 1.54) is 0 Å². The lowest BCUT2D eigenvalue weighted by Gasteiger charge is -2.18. The van der Waals surface area contributed by atoms with Crippen LogP contribution >= 0.6 is 22.9 Å². The predicted octanol–water partition coefficient (Wildman–Crippen LogP) is 3.76. The molecule has 0 amide bonds. The summed E-state index contributed by atoms with van der Waals surface area (Å²) in [4.78, 5) is 9.54. The van der Waals surface area contributed by atoms with Gasteiger partial charge in [0.05, 0.1) is 5.39 Å². The molecular weight excluding hydrogens is 254 g/mol. The van der Waals surface area contributed by atoms with E-state index in [4.69, 9.17) is 11.6 Å². The molecule has 2 aromatic rings. The summed E-state index contributed by atoms with van der Waals surface area (Å²) in [6.07, 6.45) is 2.64. The van der Waals surface area contributed by atoms with Gasteiger partial charge in [0.2, 0.25) is 0 Å². The highest BCUT2D eigenvalue weighted by Gasteiger charge is 2.12. The molecule has 5 heteroatoms. The Balaban J connectivity index is 2.19. The Morgan fingerprint density at radius 1 is 1.41 bits per heavy atom. The monoisotopic (exact) mass is 269 g/mol. The molecule has 0 aliphatic carbocycles. The van der Waals surface area contributed by atoms with E-state index in [0.717, 1.165) is 22.5 Å². The van der Waals surface area contributed by atoms with Crippen molar-refractivity contribution in [3.8, 4) is 0 Å². The standard InChI is InChI=1S/C12H16ClN3S/c1-8(2)5-9(6-13)16-11-10-3-4-17-12(10)15-7-14-11/h3-4,7-9H,5-6H2,1-2H3,(H,14,15,16). The number of fused-ring (bicyclic) bond motifs is 1. The molecule has 0 aliphatic rings. The van der Waals surface area contributed by atoms with Crippen molar-refractivity contribution in [3.05, 3.63) is 17.8 Å². The van der Waals surface area contributed by atoms with Crippen LogP contribution in [0.2, 0.25) is 0 Å². The maximum absolute atomic E-state index is 5.98. The summed E-state index contributed by atoms with van der Waals surface area (Å²) in [5.41, 5.74) is 0. The Labute approximate surface area is 110 Å². The first-order chi connectivity index (χ1) is 8.20. The third-order valence-corrected chi connectivity index (χ3v) is 3.74. The van der Waals surface area contributed by atoms with E-state index in [0.29, 0.717) is 11.8 Å². The molecule has 0 bridgehead atoms. The van der Waals surface area contributed by atoms with Crippen LogP contribution in [0.1, 0.15) is 20.3 Å². The first-order valence-corrected chi connectivity index (χ1v) is 7.13. The van der Waals surface area contributed by atoms with Gasteiger partial charge in [-0.2, -0.15) is 0 Å². The van der Waals surface area contributed by atoms with Crippen molar-refractivity contribution in [2.75, 3.05) is 11.2 Å². The van der Waals surface area contributed by atoms with Crippen LogP contribution in [0, 0.1) is 5.92 Å². The van der Waals surface area contributed by atoms with E-state index in [-0.39, 0.29) is 6.04 Å². The van der Waals surface area contributed by atoms with Crippen LogP contribution in [0.4, 0.5) is 5.82 Å². The smallest absolute Gasteiger partial charge is 0.138 e. The van der Waals surface area contributed by atoms with Crippen LogP contribution in [0.5, 0.6) is 0 Å². The highest BCUT2D eigenvalue weighted by molar-refractivity contribution is 7.16. The van der Waals surface area contributed by atoms with Crippen LogP contribution in [0.25, 0.3) is 10.2 Å². The van der Waals surface area contributed by atoms with Gasteiger partial charge in [-0.25, -0.2) is 9.97 Å². The lowest BCUT2D eigenvalue weighted by Crippen LogP contribution is -2.24. The Bertz CT molecular complexity index is 483. The summed E-state index contributed by atoms with van der Waals surface area (Å²) in [5.74, 6) is 2.10. The molecule has 0 fully saturated rings. The van der Waals surface area contributed by atoms with Crippen molar-refractivity contribution in [3.63, 3.8) is 0 Å². The highest BCUT2D eigenvalue weighted by Crippen LogP contribution is 2.25. The van der Waals surface area contributed by atoms with Gasteiger partial charge in [-0.05, 0) is 23.8 Å². The third kappa shape index (κ3) is 3.07. The van der Waals surface area contributed by atoms with Gasteiger partial charge in [0.15, 0.2) is 0 Å². The summed E-state index contributed by atoms with van der Waals surface area (Å²) in [7, 11) is 0. The summed E-state index contributed by atoms with van der Waals surface area (Å²) in [6.45, 7) is 4.39. The fourth-order valence-corrected chi connectivity index (χ4v) is 2.76. The van der Waals surface area contributed by atoms with E-state index in [2.05, 4.69) is 29.1 Å². The van der Waals surface area contributed by atoms with E-state index < -0.39 is 0 Å². The summed E-state index contributed by atoms with van der Waals surface area (Å²) in [6, 6.07) is 2.30. The Kier molecular flexibility index (Phi) is 4.18. The number of hydrogen-bond acceptors (Lipinski definition) is 4. The second-order valence-electron chi connectivity index (χ2n) is 4.49. The number of hydrogen-bond donors (Lipinski definition) is 1. The predicted molar refractivity (Wildman–Crippen MR) is 75.0 cm³/mol.